The first-order valence-corrected chi connectivity index (χ1v) is 6.56. The van der Waals surface area contributed by atoms with Gasteiger partial charge in [0.2, 0.25) is 0 Å². The maximum Gasteiger partial charge on any atom is 0.407 e. The molecule has 0 spiro atoms. The maximum atomic E-state index is 11.6. The molecular weight excluding hydrogens is 260 g/mol. The van der Waals surface area contributed by atoms with E-state index in [4.69, 9.17) is 4.74 Å². The van der Waals surface area contributed by atoms with Crippen LogP contribution in [0.4, 0.5) is 4.79 Å². The number of hydrogen-bond acceptors (Lipinski definition) is 5. The molecular formula is C13H24N4O3. The van der Waals surface area contributed by atoms with Gasteiger partial charge in [-0.15, -0.1) is 5.10 Å². The van der Waals surface area contributed by atoms with E-state index in [1.54, 1.807) is 38.7 Å². The number of alkyl carbamates (subject to hydrolysis) is 1. The van der Waals surface area contributed by atoms with Gasteiger partial charge in [0.1, 0.15) is 5.60 Å². The molecule has 0 aliphatic heterocycles. The number of hydrogen-bond donors (Lipinski definition) is 2. The number of nitrogens with one attached hydrogen (secondary N) is 1. The molecule has 0 saturated carbocycles. The summed E-state index contributed by atoms with van der Waals surface area (Å²) in [4.78, 5) is 11.6. The molecule has 1 unspecified atom stereocenters. The number of aliphatic hydroxyl groups is 1. The topological polar surface area (TPSA) is 89.3 Å². The molecule has 0 aliphatic rings. The summed E-state index contributed by atoms with van der Waals surface area (Å²) in [5, 5.41) is 20.1. The lowest BCUT2D eigenvalue weighted by Crippen LogP contribution is -2.41. The fraction of sp³-hybridized carbons (Fsp3) is 0.769. The van der Waals surface area contributed by atoms with Gasteiger partial charge in [0.05, 0.1) is 12.3 Å². The predicted octanol–water partition coefficient (Wildman–Crippen LogP) is 0.881. The van der Waals surface area contributed by atoms with Crippen molar-refractivity contribution in [2.24, 2.45) is 12.5 Å². The Morgan fingerprint density at radius 2 is 2.10 bits per heavy atom. The van der Waals surface area contributed by atoms with Gasteiger partial charge in [-0.3, -0.25) is 4.68 Å². The number of aliphatic hydroxyl groups excluding tert-OH is 1. The van der Waals surface area contributed by atoms with E-state index >= 15 is 0 Å². The third-order valence-corrected chi connectivity index (χ3v) is 2.70. The van der Waals surface area contributed by atoms with Crippen LogP contribution in [0.3, 0.4) is 0 Å². The maximum absolute atomic E-state index is 11.6. The molecule has 114 valence electrons. The van der Waals surface area contributed by atoms with Gasteiger partial charge >= 0.3 is 6.09 Å². The number of amides is 1. The molecule has 1 amide bonds. The lowest BCUT2D eigenvalue weighted by molar-refractivity contribution is 0.0477. The Hall–Kier alpha value is -1.63. The van der Waals surface area contributed by atoms with Crippen molar-refractivity contribution < 1.29 is 14.6 Å². The SMILES string of the molecule is Cn1cc(CC(C)(CO)CNC(=O)OC(C)(C)C)nn1. The predicted molar refractivity (Wildman–Crippen MR) is 74.1 cm³/mol. The molecule has 1 atom stereocenters. The Morgan fingerprint density at radius 1 is 1.45 bits per heavy atom. The highest BCUT2D eigenvalue weighted by atomic mass is 16.6. The first-order chi connectivity index (χ1) is 9.13. The highest BCUT2D eigenvalue weighted by Gasteiger charge is 2.27. The van der Waals surface area contributed by atoms with Crippen LogP contribution in [0.5, 0.6) is 0 Å². The van der Waals surface area contributed by atoms with E-state index in [2.05, 4.69) is 15.6 Å². The van der Waals surface area contributed by atoms with Crippen LogP contribution in [0.15, 0.2) is 6.20 Å². The van der Waals surface area contributed by atoms with E-state index in [1.165, 1.54) is 0 Å². The number of carbonyl (C=O) groups excluding carboxylic acids is 1. The Morgan fingerprint density at radius 3 is 2.55 bits per heavy atom. The number of rotatable bonds is 5. The number of aromatic nitrogens is 3. The van der Waals surface area contributed by atoms with Gasteiger partial charge in [-0.25, -0.2) is 4.79 Å². The largest absolute Gasteiger partial charge is 0.444 e. The molecule has 1 rings (SSSR count). The zero-order valence-electron chi connectivity index (χ0n) is 12.8. The number of carbonyl (C=O) groups is 1. The Balaban J connectivity index is 2.55. The second-order valence-electron chi connectivity index (χ2n) is 6.38. The minimum atomic E-state index is -0.537. The van der Waals surface area contributed by atoms with Crippen LogP contribution < -0.4 is 5.32 Å². The van der Waals surface area contributed by atoms with Crippen molar-refractivity contribution in [3.05, 3.63) is 11.9 Å². The smallest absolute Gasteiger partial charge is 0.407 e. The summed E-state index contributed by atoms with van der Waals surface area (Å²) in [6.45, 7) is 7.51. The molecule has 1 aromatic rings. The number of aryl methyl sites for hydroxylation is 1. The van der Waals surface area contributed by atoms with E-state index in [-0.39, 0.29) is 6.61 Å². The Bertz CT molecular complexity index is 453. The van der Waals surface area contributed by atoms with Crippen molar-refractivity contribution in [1.29, 1.82) is 0 Å². The minimum absolute atomic E-state index is 0.0701. The monoisotopic (exact) mass is 284 g/mol. The van der Waals surface area contributed by atoms with Crippen LogP contribution >= 0.6 is 0 Å². The number of nitrogens with zero attached hydrogens (tertiary/aromatic N) is 3. The summed E-state index contributed by atoms with van der Waals surface area (Å²) in [5.74, 6) is 0. The molecule has 0 radical (unpaired) electrons. The standard InChI is InChI=1S/C13H24N4O3/c1-12(2,3)20-11(19)14-8-13(4,9-18)6-10-7-17(5)16-15-10/h7,18H,6,8-9H2,1-5H3,(H,14,19). The third-order valence-electron chi connectivity index (χ3n) is 2.70. The van der Waals surface area contributed by atoms with Crippen LogP contribution in [0.2, 0.25) is 0 Å². The Labute approximate surface area is 119 Å². The lowest BCUT2D eigenvalue weighted by Gasteiger charge is -2.27. The summed E-state index contributed by atoms with van der Waals surface area (Å²) in [6, 6.07) is 0. The molecule has 0 fully saturated rings. The van der Waals surface area contributed by atoms with E-state index in [0.717, 1.165) is 5.69 Å². The molecule has 0 aliphatic carbocycles. The summed E-state index contributed by atoms with van der Waals surface area (Å²) >= 11 is 0. The fourth-order valence-corrected chi connectivity index (χ4v) is 1.69. The zero-order valence-corrected chi connectivity index (χ0v) is 12.8. The van der Waals surface area contributed by atoms with E-state index in [9.17, 15) is 9.90 Å². The van der Waals surface area contributed by atoms with Gasteiger partial charge in [-0.1, -0.05) is 12.1 Å². The molecule has 0 bridgehead atoms. The molecule has 0 saturated heterocycles. The molecule has 1 aromatic heterocycles. The lowest BCUT2D eigenvalue weighted by atomic mass is 9.86. The highest BCUT2D eigenvalue weighted by molar-refractivity contribution is 5.67. The van der Waals surface area contributed by atoms with Gasteiger partial charge in [0.25, 0.3) is 0 Å². The van der Waals surface area contributed by atoms with E-state index in [1.807, 2.05) is 6.92 Å². The van der Waals surface area contributed by atoms with Gasteiger partial charge in [0, 0.05) is 31.6 Å². The van der Waals surface area contributed by atoms with Crippen LogP contribution in [0, 0.1) is 5.41 Å². The van der Waals surface area contributed by atoms with Crippen LogP contribution in [0.25, 0.3) is 0 Å². The molecule has 20 heavy (non-hydrogen) atoms. The second kappa shape index (κ2) is 6.21. The molecule has 1 heterocycles. The summed E-state index contributed by atoms with van der Waals surface area (Å²) in [5.41, 5.74) is -0.271. The molecule has 2 N–H and O–H groups in total. The van der Waals surface area contributed by atoms with Crippen molar-refractivity contribution in [3.63, 3.8) is 0 Å². The Kier molecular flexibility index (Phi) is 5.10. The average Bonchev–Trinajstić information content (AvgIpc) is 2.70. The average molecular weight is 284 g/mol. The van der Waals surface area contributed by atoms with Crippen LogP contribution in [-0.2, 0) is 18.2 Å². The van der Waals surface area contributed by atoms with Crippen molar-refractivity contribution in [1.82, 2.24) is 20.3 Å². The summed E-state index contributed by atoms with van der Waals surface area (Å²) in [7, 11) is 1.78. The first-order valence-electron chi connectivity index (χ1n) is 6.56. The van der Waals surface area contributed by atoms with Gasteiger partial charge < -0.3 is 15.2 Å². The van der Waals surface area contributed by atoms with E-state index in [0.29, 0.717) is 13.0 Å². The summed E-state index contributed by atoms with van der Waals surface area (Å²) in [6.07, 6.45) is 1.82. The van der Waals surface area contributed by atoms with Crippen molar-refractivity contribution in [2.75, 3.05) is 13.2 Å². The summed E-state index contributed by atoms with van der Waals surface area (Å²) < 4.78 is 6.77. The third kappa shape index (κ3) is 5.56. The minimum Gasteiger partial charge on any atom is -0.444 e. The van der Waals surface area contributed by atoms with Crippen molar-refractivity contribution >= 4 is 6.09 Å². The second-order valence-corrected chi connectivity index (χ2v) is 6.38. The normalized spacial score (nSPS) is 14.7. The van der Waals surface area contributed by atoms with Gasteiger partial charge in [-0.2, -0.15) is 0 Å². The quantitative estimate of drug-likeness (QED) is 0.838. The first kappa shape index (κ1) is 16.4. The van der Waals surface area contributed by atoms with Gasteiger partial charge in [-0.05, 0) is 20.8 Å². The molecule has 7 heteroatoms. The van der Waals surface area contributed by atoms with Crippen LogP contribution in [-0.4, -0.2) is 44.9 Å². The fourth-order valence-electron chi connectivity index (χ4n) is 1.69. The van der Waals surface area contributed by atoms with Crippen molar-refractivity contribution in [2.45, 2.75) is 39.7 Å². The highest BCUT2D eigenvalue weighted by Crippen LogP contribution is 2.20. The van der Waals surface area contributed by atoms with Gasteiger partial charge in [0.15, 0.2) is 0 Å². The number of ether oxygens (including phenoxy) is 1. The zero-order chi connectivity index (χ0) is 15.4. The van der Waals surface area contributed by atoms with Crippen molar-refractivity contribution in [3.8, 4) is 0 Å². The van der Waals surface area contributed by atoms with Crippen LogP contribution in [0.1, 0.15) is 33.4 Å². The van der Waals surface area contributed by atoms with E-state index < -0.39 is 17.1 Å². The molecule has 7 nitrogen and oxygen atoms in total. The molecule has 0 aromatic carbocycles.